The number of amides is 1. The molecule has 92 valence electrons. The zero-order chi connectivity index (χ0) is 12.5. The number of hydrogen-bond acceptors (Lipinski definition) is 3. The van der Waals surface area contributed by atoms with Crippen molar-refractivity contribution >= 4 is 17.3 Å². The number of benzene rings is 1. The highest BCUT2D eigenvalue weighted by Gasteiger charge is 2.35. The quantitative estimate of drug-likeness (QED) is 0.830. The molecule has 2 rings (SSSR count). The van der Waals surface area contributed by atoms with Crippen LogP contribution in [0.4, 0.5) is 11.4 Å². The molecule has 17 heavy (non-hydrogen) atoms. The first-order chi connectivity index (χ1) is 8.06. The number of anilines is 2. The highest BCUT2D eigenvalue weighted by molar-refractivity contribution is 6.03. The summed E-state index contributed by atoms with van der Waals surface area (Å²) < 4.78 is 0. The molecule has 0 aliphatic carbocycles. The standard InChI is InChI=1S/C13H19N3O/c1-13(2,9-14-3)16-11-7-5-4-6-10(11)15-8-12(16)17/h4-7,14-15H,8-9H2,1-3H3. The van der Waals surface area contributed by atoms with Gasteiger partial charge in [0.1, 0.15) is 0 Å². The molecule has 1 heterocycles. The molecule has 0 bridgehead atoms. The zero-order valence-corrected chi connectivity index (χ0v) is 10.6. The second-order valence-corrected chi connectivity index (χ2v) is 4.94. The molecular weight excluding hydrogens is 214 g/mol. The zero-order valence-electron chi connectivity index (χ0n) is 10.6. The van der Waals surface area contributed by atoms with E-state index in [-0.39, 0.29) is 11.4 Å². The van der Waals surface area contributed by atoms with E-state index < -0.39 is 0 Å². The Hall–Kier alpha value is -1.55. The van der Waals surface area contributed by atoms with Crippen LogP contribution in [0.2, 0.25) is 0 Å². The Labute approximate surface area is 102 Å². The Morgan fingerprint density at radius 3 is 2.82 bits per heavy atom. The maximum absolute atomic E-state index is 12.1. The van der Waals surface area contributed by atoms with Crippen LogP contribution in [0.25, 0.3) is 0 Å². The molecule has 0 atom stereocenters. The van der Waals surface area contributed by atoms with Crippen LogP contribution in [0.1, 0.15) is 13.8 Å². The number of rotatable bonds is 3. The monoisotopic (exact) mass is 233 g/mol. The number of carbonyl (C=O) groups is 1. The molecule has 0 saturated carbocycles. The summed E-state index contributed by atoms with van der Waals surface area (Å²) >= 11 is 0. The van der Waals surface area contributed by atoms with Gasteiger partial charge < -0.3 is 15.5 Å². The number of hydrogen-bond donors (Lipinski definition) is 2. The van der Waals surface area contributed by atoms with E-state index >= 15 is 0 Å². The first-order valence-electron chi connectivity index (χ1n) is 5.87. The predicted molar refractivity (Wildman–Crippen MR) is 70.4 cm³/mol. The van der Waals surface area contributed by atoms with Crippen molar-refractivity contribution in [3.05, 3.63) is 24.3 Å². The third kappa shape index (κ3) is 2.13. The highest BCUT2D eigenvalue weighted by atomic mass is 16.2. The van der Waals surface area contributed by atoms with Crippen LogP contribution in [-0.4, -0.2) is 31.6 Å². The smallest absolute Gasteiger partial charge is 0.246 e. The van der Waals surface area contributed by atoms with Crippen molar-refractivity contribution in [1.82, 2.24) is 5.32 Å². The van der Waals surface area contributed by atoms with Crippen molar-refractivity contribution in [3.8, 4) is 0 Å². The lowest BCUT2D eigenvalue weighted by atomic mass is 9.99. The summed E-state index contributed by atoms with van der Waals surface area (Å²) in [5, 5.41) is 6.29. The van der Waals surface area contributed by atoms with Gasteiger partial charge in [0.15, 0.2) is 0 Å². The molecule has 2 N–H and O–H groups in total. The van der Waals surface area contributed by atoms with E-state index in [0.29, 0.717) is 6.54 Å². The van der Waals surface area contributed by atoms with Gasteiger partial charge in [0, 0.05) is 6.54 Å². The third-order valence-corrected chi connectivity index (χ3v) is 3.04. The van der Waals surface area contributed by atoms with Gasteiger partial charge in [-0.2, -0.15) is 0 Å². The minimum absolute atomic E-state index is 0.115. The van der Waals surface area contributed by atoms with Crippen LogP contribution in [0.15, 0.2) is 24.3 Å². The molecule has 1 aliphatic rings. The lowest BCUT2D eigenvalue weighted by molar-refractivity contribution is -0.118. The van der Waals surface area contributed by atoms with E-state index in [9.17, 15) is 4.79 Å². The van der Waals surface area contributed by atoms with Crippen molar-refractivity contribution in [2.75, 3.05) is 30.4 Å². The molecule has 0 aromatic heterocycles. The number of likely N-dealkylation sites (N-methyl/N-ethyl adjacent to an activating group) is 1. The fourth-order valence-electron chi connectivity index (χ4n) is 2.38. The second kappa shape index (κ2) is 4.37. The van der Waals surface area contributed by atoms with Crippen LogP contribution >= 0.6 is 0 Å². The minimum atomic E-state index is -0.232. The highest BCUT2D eigenvalue weighted by Crippen LogP contribution is 2.33. The Morgan fingerprint density at radius 1 is 1.41 bits per heavy atom. The van der Waals surface area contributed by atoms with Gasteiger partial charge in [-0.25, -0.2) is 0 Å². The van der Waals surface area contributed by atoms with Crippen molar-refractivity contribution in [2.45, 2.75) is 19.4 Å². The predicted octanol–water partition coefficient (Wildman–Crippen LogP) is 1.44. The van der Waals surface area contributed by atoms with E-state index in [1.165, 1.54) is 0 Å². The molecule has 1 aromatic rings. The minimum Gasteiger partial charge on any atom is -0.374 e. The van der Waals surface area contributed by atoms with Crippen molar-refractivity contribution in [3.63, 3.8) is 0 Å². The van der Waals surface area contributed by atoms with Gasteiger partial charge >= 0.3 is 0 Å². The van der Waals surface area contributed by atoms with E-state index in [1.54, 1.807) is 0 Å². The summed E-state index contributed by atoms with van der Waals surface area (Å²) in [6, 6.07) is 7.92. The van der Waals surface area contributed by atoms with E-state index in [0.717, 1.165) is 17.9 Å². The third-order valence-electron chi connectivity index (χ3n) is 3.04. The summed E-state index contributed by atoms with van der Waals surface area (Å²) in [4.78, 5) is 14.0. The van der Waals surface area contributed by atoms with Gasteiger partial charge in [-0.15, -0.1) is 0 Å². The average Bonchev–Trinajstić information content (AvgIpc) is 2.28. The first-order valence-corrected chi connectivity index (χ1v) is 5.87. The number of para-hydroxylation sites is 2. The van der Waals surface area contributed by atoms with Gasteiger partial charge in [0.25, 0.3) is 0 Å². The normalized spacial score (nSPS) is 15.5. The van der Waals surface area contributed by atoms with Crippen molar-refractivity contribution < 1.29 is 4.79 Å². The Morgan fingerprint density at radius 2 is 2.12 bits per heavy atom. The fraction of sp³-hybridized carbons (Fsp3) is 0.462. The van der Waals surface area contributed by atoms with Gasteiger partial charge in [0.2, 0.25) is 5.91 Å². The van der Waals surface area contributed by atoms with E-state index in [2.05, 4.69) is 24.5 Å². The van der Waals surface area contributed by atoms with Crippen LogP contribution in [0.5, 0.6) is 0 Å². The lowest BCUT2D eigenvalue weighted by Gasteiger charge is -2.42. The van der Waals surface area contributed by atoms with Crippen LogP contribution < -0.4 is 15.5 Å². The molecule has 0 radical (unpaired) electrons. The number of nitrogens with zero attached hydrogens (tertiary/aromatic N) is 1. The topological polar surface area (TPSA) is 44.4 Å². The SMILES string of the molecule is CNCC(C)(C)N1C(=O)CNc2ccccc21. The van der Waals surface area contributed by atoms with Gasteiger partial charge in [-0.1, -0.05) is 12.1 Å². The van der Waals surface area contributed by atoms with Gasteiger partial charge in [-0.3, -0.25) is 4.79 Å². The molecule has 0 unspecified atom stereocenters. The first kappa shape index (κ1) is 11.9. The van der Waals surface area contributed by atoms with Gasteiger partial charge in [0.05, 0.1) is 23.5 Å². The number of nitrogens with one attached hydrogen (secondary N) is 2. The summed E-state index contributed by atoms with van der Waals surface area (Å²) in [5.41, 5.74) is 1.75. The molecule has 0 fully saturated rings. The van der Waals surface area contributed by atoms with Crippen LogP contribution in [0, 0.1) is 0 Å². The maximum atomic E-state index is 12.1. The fourth-order valence-corrected chi connectivity index (χ4v) is 2.38. The lowest BCUT2D eigenvalue weighted by Crippen LogP contribution is -2.56. The summed E-state index contributed by atoms with van der Waals surface area (Å²) in [6.07, 6.45) is 0. The van der Waals surface area contributed by atoms with E-state index in [4.69, 9.17) is 0 Å². The van der Waals surface area contributed by atoms with Gasteiger partial charge in [-0.05, 0) is 33.0 Å². The van der Waals surface area contributed by atoms with Crippen LogP contribution in [0.3, 0.4) is 0 Å². The largest absolute Gasteiger partial charge is 0.374 e. The summed E-state index contributed by atoms with van der Waals surface area (Å²) in [5.74, 6) is 0.115. The molecule has 0 spiro atoms. The van der Waals surface area contributed by atoms with E-state index in [1.807, 2.05) is 36.2 Å². The summed E-state index contributed by atoms with van der Waals surface area (Å²) in [6.45, 7) is 5.27. The molecule has 1 aromatic carbocycles. The molecule has 1 amide bonds. The molecule has 1 aliphatic heterocycles. The van der Waals surface area contributed by atoms with Crippen molar-refractivity contribution in [1.29, 1.82) is 0 Å². The van der Waals surface area contributed by atoms with Crippen molar-refractivity contribution in [2.24, 2.45) is 0 Å². The van der Waals surface area contributed by atoms with Crippen LogP contribution in [-0.2, 0) is 4.79 Å². The molecular formula is C13H19N3O. The molecule has 4 heteroatoms. The molecule has 4 nitrogen and oxygen atoms in total. The maximum Gasteiger partial charge on any atom is 0.246 e. The number of carbonyl (C=O) groups excluding carboxylic acids is 1. The average molecular weight is 233 g/mol. The Kier molecular flexibility index (Phi) is 3.07. The summed E-state index contributed by atoms with van der Waals surface area (Å²) in [7, 11) is 1.90. The Balaban J connectivity index is 2.42. The number of fused-ring (bicyclic) bond motifs is 1. The Bertz CT molecular complexity index is 428. The molecule has 0 saturated heterocycles. The second-order valence-electron chi connectivity index (χ2n) is 4.94.